The van der Waals surface area contributed by atoms with Crippen molar-refractivity contribution < 1.29 is 21.8 Å². The molecule has 9 heavy (non-hydrogen) atoms. The van der Waals surface area contributed by atoms with Gasteiger partial charge in [-0.2, -0.15) is 13.2 Å². The fourth-order valence-corrected chi connectivity index (χ4v) is 0.136. The monoisotopic (exact) mass is 142 g/mol. The zero-order valence-electron chi connectivity index (χ0n) is 3.97. The van der Waals surface area contributed by atoms with E-state index in [2.05, 4.69) is 0 Å². The number of hydrogen-bond donors (Lipinski definition) is 0. The van der Waals surface area contributed by atoms with Crippen LogP contribution in [0.5, 0.6) is 0 Å². The van der Waals surface area contributed by atoms with Crippen LogP contribution in [-0.4, -0.2) is 13.4 Å². The molecule has 6 heteroatoms. The van der Waals surface area contributed by atoms with Gasteiger partial charge in [0.15, 0.2) is 0 Å². The Labute approximate surface area is 48.2 Å². The zero-order chi connectivity index (χ0) is 7.49. The molecule has 0 aliphatic carbocycles. The highest BCUT2D eigenvalue weighted by Gasteiger charge is 2.24. The van der Waals surface area contributed by atoms with Crippen molar-refractivity contribution in [3.8, 4) is 11.7 Å². The lowest BCUT2D eigenvalue weighted by Crippen LogP contribution is -2.03. The summed E-state index contributed by atoms with van der Waals surface area (Å²) in [4.78, 5) is 0. The molecule has 0 nitrogen and oxygen atoms in total. The Kier molecular flexibility index (Phi) is 2.49. The maximum absolute atomic E-state index is 10.9. The summed E-state index contributed by atoms with van der Waals surface area (Å²) in [6.07, 6.45) is -4.81. The van der Waals surface area contributed by atoms with Crippen LogP contribution in [0.25, 0.3) is 0 Å². The number of hydrogen-bond acceptors (Lipinski definition) is 0. The van der Waals surface area contributed by atoms with Gasteiger partial charge >= 0.3 is 13.4 Å². The van der Waals surface area contributed by atoms with Gasteiger partial charge in [0.25, 0.3) is 0 Å². The lowest BCUT2D eigenvalue weighted by atomic mass is 10.0. The minimum absolute atomic E-state index is 0.421. The van der Waals surface area contributed by atoms with Crippen molar-refractivity contribution in [3.05, 3.63) is 0 Å². The minimum atomic E-state index is -4.81. The molecule has 0 aromatic heterocycles. The summed E-state index contributed by atoms with van der Waals surface area (Å²) in [5.74, 6) is 1.10. The molecule has 0 fully saturated rings. The van der Waals surface area contributed by atoms with Gasteiger partial charge in [-0.05, 0) is 0 Å². The van der Waals surface area contributed by atoms with E-state index in [0.29, 0.717) is 11.7 Å². The van der Waals surface area contributed by atoms with Gasteiger partial charge in [0, 0.05) is 5.92 Å². The first kappa shape index (κ1) is 8.27. The lowest BCUT2D eigenvalue weighted by Gasteiger charge is -1.90. The van der Waals surface area contributed by atoms with Crippen LogP contribution in [-0.2, 0) is 0 Å². The van der Waals surface area contributed by atoms with E-state index < -0.39 is 13.4 Å². The third kappa shape index (κ3) is 7.27. The van der Waals surface area contributed by atoms with Crippen LogP contribution in [0.2, 0.25) is 0 Å². The van der Waals surface area contributed by atoms with E-state index in [1.165, 1.54) is 0 Å². The summed E-state index contributed by atoms with van der Waals surface area (Å²) < 4.78 is 54.5. The van der Waals surface area contributed by atoms with Crippen LogP contribution in [0.1, 0.15) is 0 Å². The maximum Gasteiger partial charge on any atom is 0.628 e. The van der Waals surface area contributed by atoms with Crippen LogP contribution in [0.15, 0.2) is 0 Å². The first-order valence-electron chi connectivity index (χ1n) is 1.79. The quantitative estimate of drug-likeness (QED) is 0.273. The van der Waals surface area contributed by atoms with Crippen molar-refractivity contribution in [3.63, 3.8) is 0 Å². The van der Waals surface area contributed by atoms with Crippen molar-refractivity contribution in [1.82, 2.24) is 0 Å². The second-order valence-corrected chi connectivity index (χ2v) is 1.07. The SMILES string of the molecule is FB(F)C#CC(F)(F)F. The Hall–Kier alpha value is -0.725. The molecule has 0 amide bonds. The van der Waals surface area contributed by atoms with Gasteiger partial charge in [-0.15, -0.1) is 0 Å². The molecule has 0 aliphatic rings. The molecular weight excluding hydrogens is 142 g/mol. The average molecular weight is 142 g/mol. The van der Waals surface area contributed by atoms with Crippen LogP contribution in [0.4, 0.5) is 21.8 Å². The average Bonchev–Trinajstić information content (AvgIpc) is 1.59. The molecule has 50 valence electrons. The van der Waals surface area contributed by atoms with Gasteiger partial charge in [-0.3, -0.25) is 8.63 Å². The minimum Gasteiger partial charge on any atom is -0.273 e. The Morgan fingerprint density at radius 1 is 1.11 bits per heavy atom. The van der Waals surface area contributed by atoms with Crippen LogP contribution in [0.3, 0.4) is 0 Å². The molecule has 0 aliphatic heterocycles. The molecule has 0 bridgehead atoms. The Morgan fingerprint density at radius 3 is 1.67 bits per heavy atom. The van der Waals surface area contributed by atoms with Crippen molar-refractivity contribution in [1.29, 1.82) is 0 Å². The predicted molar refractivity (Wildman–Crippen MR) is 21.8 cm³/mol. The van der Waals surface area contributed by atoms with Gasteiger partial charge in [-0.25, -0.2) is 0 Å². The normalized spacial score (nSPS) is 9.89. The summed E-state index contributed by atoms with van der Waals surface area (Å²) in [7, 11) is -3.22. The highest BCUT2D eigenvalue weighted by atomic mass is 19.4. The second-order valence-electron chi connectivity index (χ2n) is 1.07. The van der Waals surface area contributed by atoms with Crippen LogP contribution < -0.4 is 0 Å². The maximum atomic E-state index is 10.9. The van der Waals surface area contributed by atoms with Crippen molar-refractivity contribution in [2.45, 2.75) is 6.18 Å². The van der Waals surface area contributed by atoms with E-state index >= 15 is 0 Å². The molecule has 0 atom stereocenters. The standard InChI is InChI=1S/C3BF5/c5-3(6,7)1-2-4(8)9. The van der Waals surface area contributed by atoms with Crippen molar-refractivity contribution in [2.24, 2.45) is 0 Å². The molecule has 0 aromatic carbocycles. The van der Waals surface area contributed by atoms with Crippen LogP contribution >= 0.6 is 0 Å². The van der Waals surface area contributed by atoms with E-state index in [-0.39, 0.29) is 0 Å². The molecule has 0 saturated heterocycles. The van der Waals surface area contributed by atoms with Gasteiger partial charge in [0.05, 0.1) is 0 Å². The first-order chi connectivity index (χ1) is 3.92. The molecule has 0 saturated carbocycles. The summed E-state index contributed by atoms with van der Waals surface area (Å²) >= 11 is 0. The van der Waals surface area contributed by atoms with E-state index in [9.17, 15) is 21.8 Å². The fraction of sp³-hybridized carbons (Fsp3) is 0.333. The third-order valence-corrected chi connectivity index (χ3v) is 0.323. The number of rotatable bonds is 0. The zero-order valence-corrected chi connectivity index (χ0v) is 3.97. The molecule has 0 heterocycles. The molecule has 0 spiro atoms. The molecule has 0 N–H and O–H groups in total. The van der Waals surface area contributed by atoms with E-state index in [1.807, 2.05) is 0 Å². The van der Waals surface area contributed by atoms with Crippen molar-refractivity contribution >= 4 is 7.27 Å². The highest BCUT2D eigenvalue weighted by molar-refractivity contribution is 6.53. The Morgan fingerprint density at radius 2 is 1.56 bits per heavy atom. The fourth-order valence-electron chi connectivity index (χ4n) is 0.136. The highest BCUT2D eigenvalue weighted by Crippen LogP contribution is 2.11. The molecule has 0 rings (SSSR count). The predicted octanol–water partition coefficient (Wildman–Crippen LogP) is 1.52. The number of alkyl halides is 3. The van der Waals surface area contributed by atoms with E-state index in [0.717, 1.165) is 0 Å². The van der Waals surface area contributed by atoms with Crippen LogP contribution in [0, 0.1) is 11.7 Å². The summed E-state index contributed by atoms with van der Waals surface area (Å²) in [6, 6.07) is 0. The molecular formula is C3BF5. The topological polar surface area (TPSA) is 0 Å². The van der Waals surface area contributed by atoms with E-state index in [4.69, 9.17) is 0 Å². The summed E-state index contributed by atoms with van der Waals surface area (Å²) in [5, 5.41) is 0. The number of halogens is 5. The molecule has 0 aromatic rings. The van der Waals surface area contributed by atoms with Gasteiger partial charge in [0.1, 0.15) is 0 Å². The summed E-state index contributed by atoms with van der Waals surface area (Å²) in [6.45, 7) is 0. The van der Waals surface area contributed by atoms with Gasteiger partial charge in [-0.1, -0.05) is 5.82 Å². The van der Waals surface area contributed by atoms with Crippen molar-refractivity contribution in [2.75, 3.05) is 0 Å². The largest absolute Gasteiger partial charge is 0.628 e. The van der Waals surface area contributed by atoms with Gasteiger partial charge < -0.3 is 0 Å². The third-order valence-electron chi connectivity index (χ3n) is 0.323. The van der Waals surface area contributed by atoms with E-state index in [1.54, 1.807) is 0 Å². The molecule has 0 radical (unpaired) electrons. The Balaban J connectivity index is 3.88. The second kappa shape index (κ2) is 2.71. The smallest absolute Gasteiger partial charge is 0.273 e. The lowest BCUT2D eigenvalue weighted by molar-refractivity contribution is -0.0696. The summed E-state index contributed by atoms with van der Waals surface area (Å²) in [5.41, 5.74) is 0. The molecule has 0 unspecified atom stereocenters. The Bertz CT molecular complexity index is 137. The first-order valence-corrected chi connectivity index (χ1v) is 1.79. The van der Waals surface area contributed by atoms with Gasteiger partial charge in [0.2, 0.25) is 0 Å².